The number of furan rings is 1. The Bertz CT molecular complexity index is 1010. The van der Waals surface area contributed by atoms with Crippen molar-refractivity contribution >= 4 is 10.9 Å². The van der Waals surface area contributed by atoms with Crippen LogP contribution < -0.4 is 0 Å². The molecule has 0 aliphatic heterocycles. The quantitative estimate of drug-likeness (QED) is 0.611. The Labute approximate surface area is 125 Å². The van der Waals surface area contributed by atoms with Crippen molar-refractivity contribution in [1.29, 1.82) is 5.26 Å². The summed E-state index contributed by atoms with van der Waals surface area (Å²) in [5.41, 5.74) is 2.41. The molecular formula is C16H9N5O. The molecule has 1 aromatic carbocycles. The first-order chi connectivity index (χ1) is 10.8. The second-order valence-corrected chi connectivity index (χ2v) is 4.71. The van der Waals surface area contributed by atoms with Crippen LogP contribution >= 0.6 is 0 Å². The average Bonchev–Trinajstić information content (AvgIpc) is 3.22. The Morgan fingerprint density at radius 3 is 2.82 bits per heavy atom. The zero-order valence-corrected chi connectivity index (χ0v) is 11.3. The molecule has 0 amide bonds. The van der Waals surface area contributed by atoms with E-state index in [4.69, 9.17) is 9.68 Å². The lowest BCUT2D eigenvalue weighted by molar-refractivity contribution is 0.594. The highest BCUT2D eigenvalue weighted by molar-refractivity contribution is 5.82. The fraction of sp³-hybridized carbons (Fsp3) is 0. The molecule has 4 aromatic rings. The standard InChI is InChI=1S/C16H9N5O/c17-8-13-16(20-21-19-13)15-6-5-14(22-15)11-7-10-3-1-2-4-12(10)18-9-11/h1-7,9H,(H,19,20,21). The molecule has 6 nitrogen and oxygen atoms in total. The zero-order chi connectivity index (χ0) is 14.9. The number of hydrogen-bond donors (Lipinski definition) is 1. The van der Waals surface area contributed by atoms with Gasteiger partial charge in [-0.1, -0.05) is 18.2 Å². The number of hydrogen-bond acceptors (Lipinski definition) is 5. The summed E-state index contributed by atoms with van der Waals surface area (Å²) in [7, 11) is 0. The minimum absolute atomic E-state index is 0.206. The summed E-state index contributed by atoms with van der Waals surface area (Å²) in [4.78, 5) is 4.42. The van der Waals surface area contributed by atoms with Gasteiger partial charge in [0.15, 0.2) is 17.1 Å². The summed E-state index contributed by atoms with van der Waals surface area (Å²) in [6, 6.07) is 15.5. The molecule has 0 radical (unpaired) electrons. The number of pyridine rings is 1. The first kappa shape index (κ1) is 12.3. The Hall–Kier alpha value is -3.46. The smallest absolute Gasteiger partial charge is 0.193 e. The molecular weight excluding hydrogens is 278 g/mol. The molecule has 3 aromatic heterocycles. The van der Waals surface area contributed by atoms with Gasteiger partial charge in [-0.3, -0.25) is 4.98 Å². The van der Waals surface area contributed by atoms with E-state index < -0.39 is 0 Å². The number of nitrogens with zero attached hydrogens (tertiary/aromatic N) is 4. The van der Waals surface area contributed by atoms with Crippen molar-refractivity contribution in [2.24, 2.45) is 0 Å². The van der Waals surface area contributed by atoms with E-state index >= 15 is 0 Å². The van der Waals surface area contributed by atoms with Gasteiger partial charge in [0.05, 0.1) is 5.52 Å². The fourth-order valence-corrected chi connectivity index (χ4v) is 2.31. The summed E-state index contributed by atoms with van der Waals surface area (Å²) >= 11 is 0. The summed E-state index contributed by atoms with van der Waals surface area (Å²) in [6.07, 6.45) is 1.76. The highest BCUT2D eigenvalue weighted by Gasteiger charge is 2.14. The number of nitriles is 1. The van der Waals surface area contributed by atoms with Crippen LogP contribution in [0.5, 0.6) is 0 Å². The number of para-hydroxylation sites is 1. The van der Waals surface area contributed by atoms with Gasteiger partial charge in [0.1, 0.15) is 11.8 Å². The molecule has 0 saturated heterocycles. The van der Waals surface area contributed by atoms with Crippen LogP contribution in [0.4, 0.5) is 0 Å². The third kappa shape index (κ3) is 1.93. The summed E-state index contributed by atoms with van der Waals surface area (Å²) < 4.78 is 5.79. The number of fused-ring (bicyclic) bond motifs is 1. The lowest BCUT2D eigenvalue weighted by Crippen LogP contribution is -1.81. The maximum Gasteiger partial charge on any atom is 0.193 e. The largest absolute Gasteiger partial charge is 0.454 e. The van der Waals surface area contributed by atoms with Gasteiger partial charge < -0.3 is 4.42 Å². The third-order valence-corrected chi connectivity index (χ3v) is 3.37. The molecule has 3 heterocycles. The molecule has 0 bridgehead atoms. The molecule has 22 heavy (non-hydrogen) atoms. The predicted molar refractivity (Wildman–Crippen MR) is 79.5 cm³/mol. The lowest BCUT2D eigenvalue weighted by atomic mass is 10.1. The first-order valence-corrected chi connectivity index (χ1v) is 6.61. The normalized spacial score (nSPS) is 10.7. The van der Waals surface area contributed by atoms with Crippen molar-refractivity contribution in [3.63, 3.8) is 0 Å². The molecule has 0 saturated carbocycles. The van der Waals surface area contributed by atoms with Crippen molar-refractivity contribution < 1.29 is 4.42 Å². The van der Waals surface area contributed by atoms with E-state index in [0.717, 1.165) is 16.5 Å². The highest BCUT2D eigenvalue weighted by atomic mass is 16.3. The number of H-pyrrole nitrogens is 1. The average molecular weight is 287 g/mol. The molecule has 104 valence electrons. The molecule has 0 spiro atoms. The topological polar surface area (TPSA) is 91.4 Å². The molecule has 0 unspecified atom stereocenters. The molecule has 6 heteroatoms. The maximum atomic E-state index is 8.99. The van der Waals surface area contributed by atoms with Crippen LogP contribution in [-0.4, -0.2) is 20.4 Å². The number of aromatic amines is 1. The van der Waals surface area contributed by atoms with Crippen LogP contribution in [0.25, 0.3) is 33.7 Å². The van der Waals surface area contributed by atoms with E-state index in [9.17, 15) is 0 Å². The Morgan fingerprint density at radius 2 is 1.91 bits per heavy atom. The predicted octanol–water partition coefficient (Wildman–Crippen LogP) is 3.15. The maximum absolute atomic E-state index is 8.99. The van der Waals surface area contributed by atoms with Crippen molar-refractivity contribution in [2.75, 3.05) is 0 Å². The molecule has 0 aliphatic rings. The lowest BCUT2D eigenvalue weighted by Gasteiger charge is -2.00. The van der Waals surface area contributed by atoms with E-state index in [0.29, 0.717) is 17.2 Å². The van der Waals surface area contributed by atoms with E-state index in [-0.39, 0.29) is 5.69 Å². The van der Waals surface area contributed by atoms with E-state index in [1.165, 1.54) is 0 Å². The minimum atomic E-state index is 0.206. The molecule has 4 rings (SSSR count). The van der Waals surface area contributed by atoms with Crippen LogP contribution in [0.1, 0.15) is 5.69 Å². The van der Waals surface area contributed by atoms with Gasteiger partial charge in [0, 0.05) is 17.1 Å². The van der Waals surface area contributed by atoms with Crippen LogP contribution in [0.2, 0.25) is 0 Å². The summed E-state index contributed by atoms with van der Waals surface area (Å²) in [6.45, 7) is 0. The molecule has 0 atom stereocenters. The number of nitrogens with one attached hydrogen (secondary N) is 1. The summed E-state index contributed by atoms with van der Waals surface area (Å²) in [5.74, 6) is 1.16. The monoisotopic (exact) mass is 287 g/mol. The molecule has 1 N–H and O–H groups in total. The second-order valence-electron chi connectivity index (χ2n) is 4.71. The fourth-order valence-electron chi connectivity index (χ4n) is 2.31. The van der Waals surface area contributed by atoms with Gasteiger partial charge in [0.2, 0.25) is 0 Å². The van der Waals surface area contributed by atoms with Crippen LogP contribution in [0, 0.1) is 11.3 Å². The van der Waals surface area contributed by atoms with E-state index in [1.54, 1.807) is 12.3 Å². The Kier molecular flexibility index (Phi) is 2.70. The van der Waals surface area contributed by atoms with Crippen molar-refractivity contribution in [3.8, 4) is 28.8 Å². The van der Waals surface area contributed by atoms with Crippen molar-refractivity contribution in [1.82, 2.24) is 20.4 Å². The van der Waals surface area contributed by atoms with E-state index in [2.05, 4.69) is 20.4 Å². The Morgan fingerprint density at radius 1 is 1.05 bits per heavy atom. The van der Waals surface area contributed by atoms with Crippen LogP contribution in [-0.2, 0) is 0 Å². The van der Waals surface area contributed by atoms with Crippen molar-refractivity contribution in [3.05, 3.63) is 54.4 Å². The van der Waals surface area contributed by atoms with Gasteiger partial charge in [-0.15, -0.1) is 5.10 Å². The SMILES string of the molecule is N#Cc1n[nH]nc1-c1ccc(-c2cnc3ccccc3c2)o1. The number of rotatable bonds is 2. The minimum Gasteiger partial charge on any atom is -0.454 e. The second kappa shape index (κ2) is 4.82. The number of aromatic nitrogens is 4. The molecule has 0 fully saturated rings. The highest BCUT2D eigenvalue weighted by Crippen LogP contribution is 2.29. The zero-order valence-electron chi connectivity index (χ0n) is 11.3. The van der Waals surface area contributed by atoms with Gasteiger partial charge >= 0.3 is 0 Å². The van der Waals surface area contributed by atoms with Gasteiger partial charge in [-0.25, -0.2) is 0 Å². The van der Waals surface area contributed by atoms with Crippen LogP contribution in [0.15, 0.2) is 53.1 Å². The first-order valence-electron chi connectivity index (χ1n) is 6.61. The van der Waals surface area contributed by atoms with Crippen molar-refractivity contribution in [2.45, 2.75) is 0 Å². The van der Waals surface area contributed by atoms with E-state index in [1.807, 2.05) is 42.5 Å². The Balaban J connectivity index is 1.78. The number of benzene rings is 1. The summed E-state index contributed by atoms with van der Waals surface area (Å²) in [5, 5.41) is 20.2. The van der Waals surface area contributed by atoms with Gasteiger partial charge in [0.25, 0.3) is 0 Å². The van der Waals surface area contributed by atoms with Crippen LogP contribution in [0.3, 0.4) is 0 Å². The van der Waals surface area contributed by atoms with Gasteiger partial charge in [-0.2, -0.15) is 15.6 Å². The van der Waals surface area contributed by atoms with Gasteiger partial charge in [-0.05, 0) is 24.3 Å². The molecule has 0 aliphatic carbocycles. The third-order valence-electron chi connectivity index (χ3n) is 3.37.